The van der Waals surface area contributed by atoms with E-state index in [9.17, 15) is 8.42 Å². The number of nitriles is 1. The van der Waals surface area contributed by atoms with Crippen molar-refractivity contribution >= 4 is 21.4 Å². The van der Waals surface area contributed by atoms with E-state index in [0.717, 1.165) is 0 Å². The second kappa shape index (κ2) is 5.48. The Morgan fingerprint density at radius 3 is 2.84 bits per heavy atom. The molecule has 0 amide bonds. The lowest BCUT2D eigenvalue weighted by atomic mass is 10.1. The Balaban J connectivity index is 2.20. The summed E-state index contributed by atoms with van der Waals surface area (Å²) in [5, 5.41) is 11.3. The van der Waals surface area contributed by atoms with Crippen molar-refractivity contribution in [3.05, 3.63) is 45.9 Å². The Kier molecular flexibility index (Phi) is 3.95. The van der Waals surface area contributed by atoms with E-state index in [1.165, 1.54) is 29.5 Å². The first-order valence-corrected chi connectivity index (χ1v) is 7.78. The molecule has 0 radical (unpaired) electrons. The first kappa shape index (κ1) is 13.7. The summed E-state index contributed by atoms with van der Waals surface area (Å²) in [4.78, 5) is 4.16. The maximum absolute atomic E-state index is 12.1. The fourth-order valence-electron chi connectivity index (χ4n) is 1.51. The molecule has 0 fully saturated rings. The van der Waals surface area contributed by atoms with Gasteiger partial charge in [-0.25, -0.2) is 18.1 Å². The van der Waals surface area contributed by atoms with Gasteiger partial charge in [0.2, 0.25) is 10.0 Å². The number of benzene rings is 1. The standard InChI is InChI=1S/C12H11N3O2S2/c1-9-6-11(3-2-10(9)7-13)19(16,17)15-8-12-14-4-5-18-12/h2-6,15H,8H2,1H3. The third kappa shape index (κ3) is 3.17. The zero-order valence-corrected chi connectivity index (χ0v) is 11.8. The van der Waals surface area contributed by atoms with Gasteiger partial charge in [0.25, 0.3) is 0 Å². The smallest absolute Gasteiger partial charge is 0.240 e. The molecule has 2 aromatic rings. The lowest BCUT2D eigenvalue weighted by Crippen LogP contribution is -2.23. The normalized spacial score (nSPS) is 11.2. The molecule has 1 aromatic heterocycles. The van der Waals surface area contributed by atoms with Gasteiger partial charge in [-0.15, -0.1) is 11.3 Å². The average Bonchev–Trinajstić information content (AvgIpc) is 2.89. The van der Waals surface area contributed by atoms with E-state index in [-0.39, 0.29) is 11.4 Å². The summed E-state index contributed by atoms with van der Waals surface area (Å²) in [6.45, 7) is 1.87. The van der Waals surface area contributed by atoms with Gasteiger partial charge in [0.05, 0.1) is 23.1 Å². The van der Waals surface area contributed by atoms with Gasteiger partial charge in [0, 0.05) is 11.6 Å². The van der Waals surface area contributed by atoms with Crippen molar-refractivity contribution < 1.29 is 8.42 Å². The van der Waals surface area contributed by atoms with Crippen molar-refractivity contribution in [3.63, 3.8) is 0 Å². The Bertz CT molecular complexity index is 716. The fourth-order valence-corrected chi connectivity index (χ4v) is 3.23. The number of sulfonamides is 1. The van der Waals surface area contributed by atoms with Gasteiger partial charge in [-0.3, -0.25) is 0 Å². The van der Waals surface area contributed by atoms with E-state index in [0.29, 0.717) is 16.1 Å². The Morgan fingerprint density at radius 1 is 1.47 bits per heavy atom. The third-order valence-corrected chi connectivity index (χ3v) is 4.70. The van der Waals surface area contributed by atoms with E-state index in [2.05, 4.69) is 9.71 Å². The van der Waals surface area contributed by atoms with Gasteiger partial charge in [-0.05, 0) is 30.7 Å². The van der Waals surface area contributed by atoms with E-state index < -0.39 is 10.0 Å². The summed E-state index contributed by atoms with van der Waals surface area (Å²) in [7, 11) is -3.58. The summed E-state index contributed by atoms with van der Waals surface area (Å²) in [5.41, 5.74) is 1.11. The molecular weight excluding hydrogens is 282 g/mol. The minimum atomic E-state index is -3.58. The van der Waals surface area contributed by atoms with Crippen molar-refractivity contribution in [2.75, 3.05) is 0 Å². The fraction of sp³-hybridized carbons (Fsp3) is 0.167. The van der Waals surface area contributed by atoms with Crippen LogP contribution in [0.3, 0.4) is 0 Å². The Morgan fingerprint density at radius 2 is 2.26 bits per heavy atom. The lowest BCUT2D eigenvalue weighted by Gasteiger charge is -2.06. The predicted octanol–water partition coefficient (Wildman–Crippen LogP) is 1.80. The van der Waals surface area contributed by atoms with E-state index in [1.54, 1.807) is 18.5 Å². The van der Waals surface area contributed by atoms with Crippen LogP contribution in [0, 0.1) is 18.3 Å². The molecule has 7 heteroatoms. The van der Waals surface area contributed by atoms with Crippen molar-refractivity contribution in [1.82, 2.24) is 9.71 Å². The summed E-state index contributed by atoms with van der Waals surface area (Å²) in [6.07, 6.45) is 1.63. The maximum Gasteiger partial charge on any atom is 0.240 e. The van der Waals surface area contributed by atoms with E-state index >= 15 is 0 Å². The van der Waals surface area contributed by atoms with Crippen LogP contribution in [0.5, 0.6) is 0 Å². The number of nitrogens with one attached hydrogen (secondary N) is 1. The largest absolute Gasteiger partial charge is 0.248 e. The zero-order chi connectivity index (χ0) is 13.9. The van der Waals surface area contributed by atoms with Crippen LogP contribution in [0.1, 0.15) is 16.1 Å². The highest BCUT2D eigenvalue weighted by molar-refractivity contribution is 7.89. The molecule has 0 aliphatic rings. The molecule has 0 saturated carbocycles. The van der Waals surface area contributed by atoms with Crippen molar-refractivity contribution in [2.24, 2.45) is 0 Å². The number of hydrogen-bond acceptors (Lipinski definition) is 5. The highest BCUT2D eigenvalue weighted by Gasteiger charge is 2.15. The maximum atomic E-state index is 12.1. The van der Waals surface area contributed by atoms with Crippen LogP contribution >= 0.6 is 11.3 Å². The second-order valence-corrected chi connectivity index (χ2v) is 6.58. The SMILES string of the molecule is Cc1cc(S(=O)(=O)NCc2nccs2)ccc1C#N. The van der Waals surface area contributed by atoms with Gasteiger partial charge >= 0.3 is 0 Å². The highest BCUT2D eigenvalue weighted by Crippen LogP contribution is 2.15. The van der Waals surface area contributed by atoms with Crippen LogP contribution in [0.4, 0.5) is 0 Å². The molecule has 1 aromatic carbocycles. The van der Waals surface area contributed by atoms with Crippen LogP contribution in [0.15, 0.2) is 34.7 Å². The Hall–Kier alpha value is -1.75. The van der Waals surface area contributed by atoms with Crippen LogP contribution in [0.25, 0.3) is 0 Å². The number of aryl methyl sites for hydroxylation is 1. The molecule has 2 rings (SSSR count). The predicted molar refractivity (Wildman–Crippen MR) is 72.0 cm³/mol. The van der Waals surface area contributed by atoms with Crippen LogP contribution in [-0.2, 0) is 16.6 Å². The van der Waals surface area contributed by atoms with Gasteiger partial charge in [-0.1, -0.05) is 0 Å². The first-order valence-electron chi connectivity index (χ1n) is 5.42. The lowest BCUT2D eigenvalue weighted by molar-refractivity contribution is 0.581. The molecule has 0 atom stereocenters. The number of nitrogens with zero attached hydrogens (tertiary/aromatic N) is 2. The first-order chi connectivity index (χ1) is 9.03. The molecule has 19 heavy (non-hydrogen) atoms. The molecule has 0 aliphatic heterocycles. The monoisotopic (exact) mass is 293 g/mol. The topological polar surface area (TPSA) is 82.8 Å². The summed E-state index contributed by atoms with van der Waals surface area (Å²) in [5.74, 6) is 0. The van der Waals surface area contributed by atoms with Gasteiger partial charge in [0.1, 0.15) is 5.01 Å². The average molecular weight is 293 g/mol. The molecule has 1 N–H and O–H groups in total. The Labute approximate surface area is 115 Å². The highest BCUT2D eigenvalue weighted by atomic mass is 32.2. The molecule has 0 bridgehead atoms. The van der Waals surface area contributed by atoms with Crippen molar-refractivity contribution in [2.45, 2.75) is 18.4 Å². The third-order valence-electron chi connectivity index (χ3n) is 2.53. The molecule has 98 valence electrons. The van der Waals surface area contributed by atoms with Crippen LogP contribution in [0.2, 0.25) is 0 Å². The van der Waals surface area contributed by atoms with Crippen molar-refractivity contribution in [3.8, 4) is 6.07 Å². The van der Waals surface area contributed by atoms with Gasteiger partial charge < -0.3 is 0 Å². The van der Waals surface area contributed by atoms with Crippen LogP contribution in [-0.4, -0.2) is 13.4 Å². The van der Waals surface area contributed by atoms with Crippen molar-refractivity contribution in [1.29, 1.82) is 5.26 Å². The molecule has 1 heterocycles. The zero-order valence-electron chi connectivity index (χ0n) is 10.1. The van der Waals surface area contributed by atoms with Gasteiger partial charge in [-0.2, -0.15) is 5.26 Å². The van der Waals surface area contributed by atoms with E-state index in [4.69, 9.17) is 5.26 Å². The summed E-state index contributed by atoms with van der Waals surface area (Å²) < 4.78 is 26.6. The number of rotatable bonds is 4. The molecule has 0 saturated heterocycles. The molecule has 0 unspecified atom stereocenters. The molecule has 0 spiro atoms. The number of hydrogen-bond donors (Lipinski definition) is 1. The summed E-state index contributed by atoms with van der Waals surface area (Å²) in [6, 6.07) is 6.43. The minimum absolute atomic E-state index is 0.153. The number of thiazole rings is 1. The molecule has 5 nitrogen and oxygen atoms in total. The van der Waals surface area contributed by atoms with Gasteiger partial charge in [0.15, 0.2) is 0 Å². The second-order valence-electron chi connectivity index (χ2n) is 3.84. The number of aromatic nitrogens is 1. The summed E-state index contributed by atoms with van der Waals surface area (Å²) >= 11 is 1.39. The molecule has 0 aliphatic carbocycles. The minimum Gasteiger partial charge on any atom is -0.248 e. The van der Waals surface area contributed by atoms with Crippen LogP contribution < -0.4 is 4.72 Å². The van der Waals surface area contributed by atoms with E-state index in [1.807, 2.05) is 6.07 Å². The molecular formula is C12H11N3O2S2. The quantitative estimate of drug-likeness (QED) is 0.931.